The summed E-state index contributed by atoms with van der Waals surface area (Å²) in [4.78, 5) is 14.7. The largest absolute Gasteiger partial charge is 0.485 e. The first-order chi connectivity index (χ1) is 15.7. The second-order valence-corrected chi connectivity index (χ2v) is 8.79. The van der Waals surface area contributed by atoms with Gasteiger partial charge in [-0.15, -0.1) is 10.2 Å². The molecule has 0 saturated heterocycles. The smallest absolute Gasteiger partial charge is 0.233 e. The van der Waals surface area contributed by atoms with Crippen LogP contribution in [0, 0.1) is 0 Å². The van der Waals surface area contributed by atoms with Crippen LogP contribution in [0.4, 0.5) is 0 Å². The summed E-state index contributed by atoms with van der Waals surface area (Å²) >= 11 is 1.42. The summed E-state index contributed by atoms with van der Waals surface area (Å²) in [6.07, 6.45) is 0.909. The molecule has 1 aromatic heterocycles. The third kappa shape index (κ3) is 4.21. The molecule has 1 amide bonds. The van der Waals surface area contributed by atoms with Crippen molar-refractivity contribution in [1.29, 1.82) is 0 Å². The lowest BCUT2D eigenvalue weighted by molar-refractivity contribution is -0.129. The monoisotopic (exact) mass is 444 g/mol. The van der Waals surface area contributed by atoms with E-state index >= 15 is 0 Å². The Morgan fingerprint density at radius 3 is 2.69 bits per heavy atom. The van der Waals surface area contributed by atoms with Gasteiger partial charge in [0.25, 0.3) is 0 Å². The molecule has 3 aromatic carbocycles. The quantitative estimate of drug-likeness (QED) is 0.417. The van der Waals surface area contributed by atoms with Crippen LogP contribution in [0.1, 0.15) is 17.0 Å². The van der Waals surface area contributed by atoms with E-state index in [1.165, 1.54) is 22.9 Å². The molecule has 0 spiro atoms. The van der Waals surface area contributed by atoms with Crippen LogP contribution < -0.4 is 4.74 Å². The molecule has 6 nitrogen and oxygen atoms in total. The zero-order valence-electron chi connectivity index (χ0n) is 17.9. The first-order valence-electron chi connectivity index (χ1n) is 10.7. The molecule has 5 rings (SSSR count). The Kier molecular flexibility index (Phi) is 5.81. The van der Waals surface area contributed by atoms with Gasteiger partial charge in [-0.25, -0.2) is 0 Å². The standard InChI is InChI=1S/C25H24N4O2S/c1-28-23(16-31-22-12-6-10-19-8-4-5-11-21(19)22)26-27-25(28)32-17-24(30)29-14-13-18-7-2-3-9-20(18)15-29/h2-12H,13-17H2,1H3. The Labute approximate surface area is 191 Å². The van der Waals surface area contributed by atoms with Crippen molar-refractivity contribution in [2.75, 3.05) is 12.3 Å². The van der Waals surface area contributed by atoms with Crippen LogP contribution in [0.5, 0.6) is 5.75 Å². The maximum absolute atomic E-state index is 12.8. The Bertz CT molecular complexity index is 1260. The zero-order chi connectivity index (χ0) is 21.9. The normalized spacial score (nSPS) is 13.2. The summed E-state index contributed by atoms with van der Waals surface area (Å²) < 4.78 is 7.94. The topological polar surface area (TPSA) is 60.2 Å². The van der Waals surface area contributed by atoms with Crippen LogP contribution in [0.3, 0.4) is 0 Å². The highest BCUT2D eigenvalue weighted by Crippen LogP contribution is 2.26. The van der Waals surface area contributed by atoms with Gasteiger partial charge < -0.3 is 14.2 Å². The van der Waals surface area contributed by atoms with Crippen LogP contribution in [-0.4, -0.2) is 37.9 Å². The van der Waals surface area contributed by atoms with Crippen molar-refractivity contribution in [2.24, 2.45) is 7.05 Å². The highest BCUT2D eigenvalue weighted by molar-refractivity contribution is 7.99. The van der Waals surface area contributed by atoms with Gasteiger partial charge in [0, 0.05) is 25.5 Å². The molecule has 1 aliphatic rings. The maximum atomic E-state index is 12.8. The van der Waals surface area contributed by atoms with Crippen LogP contribution in [0.25, 0.3) is 10.8 Å². The number of thioether (sulfide) groups is 1. The summed E-state index contributed by atoms with van der Waals surface area (Å²) in [5.74, 6) is 2.01. The minimum atomic E-state index is 0.126. The molecule has 0 N–H and O–H groups in total. The van der Waals surface area contributed by atoms with Crippen molar-refractivity contribution >= 4 is 28.4 Å². The van der Waals surface area contributed by atoms with E-state index in [4.69, 9.17) is 4.74 Å². The Morgan fingerprint density at radius 2 is 1.78 bits per heavy atom. The summed E-state index contributed by atoms with van der Waals surface area (Å²) in [7, 11) is 1.91. The van der Waals surface area contributed by atoms with Gasteiger partial charge in [-0.1, -0.05) is 72.4 Å². The van der Waals surface area contributed by atoms with E-state index in [0.717, 1.165) is 35.3 Å². The van der Waals surface area contributed by atoms with Gasteiger partial charge in [0.2, 0.25) is 5.91 Å². The number of rotatable bonds is 6. The number of carbonyl (C=O) groups excluding carboxylic acids is 1. The third-order valence-electron chi connectivity index (χ3n) is 5.84. The third-order valence-corrected chi connectivity index (χ3v) is 6.84. The minimum Gasteiger partial charge on any atom is -0.485 e. The number of amides is 1. The number of benzene rings is 3. The number of hydrogen-bond acceptors (Lipinski definition) is 5. The van der Waals surface area contributed by atoms with Crippen molar-refractivity contribution in [3.63, 3.8) is 0 Å². The summed E-state index contributed by atoms with van der Waals surface area (Å²) in [5.41, 5.74) is 2.58. The van der Waals surface area contributed by atoms with E-state index in [1.807, 2.05) is 52.9 Å². The molecule has 32 heavy (non-hydrogen) atoms. The molecule has 0 aliphatic carbocycles. The fraction of sp³-hybridized carbons (Fsp3) is 0.240. The molecule has 0 bridgehead atoms. The zero-order valence-corrected chi connectivity index (χ0v) is 18.7. The van der Waals surface area contributed by atoms with Crippen molar-refractivity contribution < 1.29 is 9.53 Å². The van der Waals surface area contributed by atoms with Crippen molar-refractivity contribution in [3.05, 3.63) is 83.7 Å². The van der Waals surface area contributed by atoms with E-state index in [2.05, 4.69) is 40.5 Å². The van der Waals surface area contributed by atoms with Gasteiger partial charge in [-0.3, -0.25) is 4.79 Å². The Hall–Kier alpha value is -3.32. The van der Waals surface area contributed by atoms with Crippen molar-refractivity contribution in [1.82, 2.24) is 19.7 Å². The summed E-state index contributed by atoms with van der Waals surface area (Å²) in [6, 6.07) is 22.5. The van der Waals surface area contributed by atoms with Gasteiger partial charge >= 0.3 is 0 Å². The molecular weight excluding hydrogens is 420 g/mol. The molecule has 2 heterocycles. The van der Waals surface area contributed by atoms with Crippen LogP contribution in [-0.2, 0) is 31.4 Å². The molecule has 7 heteroatoms. The number of nitrogens with zero attached hydrogens (tertiary/aromatic N) is 4. The molecule has 0 unspecified atom stereocenters. The average molecular weight is 445 g/mol. The molecule has 162 valence electrons. The maximum Gasteiger partial charge on any atom is 0.233 e. The highest BCUT2D eigenvalue weighted by Gasteiger charge is 2.21. The molecule has 0 atom stereocenters. The minimum absolute atomic E-state index is 0.126. The van der Waals surface area contributed by atoms with E-state index in [1.54, 1.807) is 0 Å². The predicted octanol–water partition coefficient (Wildman–Crippen LogP) is 4.22. The fourth-order valence-corrected chi connectivity index (χ4v) is 4.82. The van der Waals surface area contributed by atoms with Gasteiger partial charge in [0.05, 0.1) is 5.75 Å². The number of aromatic nitrogens is 3. The predicted molar refractivity (Wildman–Crippen MR) is 126 cm³/mol. The lowest BCUT2D eigenvalue weighted by atomic mass is 10.00. The first kappa shape index (κ1) is 20.6. The highest BCUT2D eigenvalue weighted by atomic mass is 32.2. The van der Waals surface area contributed by atoms with Crippen molar-refractivity contribution in [2.45, 2.75) is 24.7 Å². The van der Waals surface area contributed by atoms with Gasteiger partial charge in [0.1, 0.15) is 12.4 Å². The summed E-state index contributed by atoms with van der Waals surface area (Å²) in [6.45, 7) is 1.76. The Morgan fingerprint density at radius 1 is 1.00 bits per heavy atom. The van der Waals surface area contributed by atoms with E-state index in [0.29, 0.717) is 24.1 Å². The lowest BCUT2D eigenvalue weighted by Gasteiger charge is -2.28. The molecule has 0 fully saturated rings. The van der Waals surface area contributed by atoms with Gasteiger partial charge in [-0.05, 0) is 29.0 Å². The van der Waals surface area contributed by atoms with Gasteiger partial charge in [0.15, 0.2) is 11.0 Å². The number of ether oxygens (including phenoxy) is 1. The van der Waals surface area contributed by atoms with Crippen LogP contribution >= 0.6 is 11.8 Å². The summed E-state index contributed by atoms with van der Waals surface area (Å²) in [5, 5.41) is 11.5. The number of carbonyl (C=O) groups is 1. The number of hydrogen-bond donors (Lipinski definition) is 0. The number of fused-ring (bicyclic) bond motifs is 2. The Balaban J connectivity index is 1.19. The second kappa shape index (κ2) is 9.04. The van der Waals surface area contributed by atoms with Crippen molar-refractivity contribution in [3.8, 4) is 5.75 Å². The first-order valence-corrected chi connectivity index (χ1v) is 11.6. The van der Waals surface area contributed by atoms with E-state index in [9.17, 15) is 4.79 Å². The lowest BCUT2D eigenvalue weighted by Crippen LogP contribution is -2.37. The SMILES string of the molecule is Cn1c(COc2cccc3ccccc23)nnc1SCC(=O)N1CCc2ccccc2C1. The van der Waals surface area contributed by atoms with Crippen LogP contribution in [0.2, 0.25) is 0 Å². The molecule has 1 aliphatic heterocycles. The molecule has 0 saturated carbocycles. The van der Waals surface area contributed by atoms with E-state index in [-0.39, 0.29) is 5.91 Å². The second-order valence-electron chi connectivity index (χ2n) is 7.85. The van der Waals surface area contributed by atoms with E-state index < -0.39 is 0 Å². The van der Waals surface area contributed by atoms with Crippen LogP contribution in [0.15, 0.2) is 71.9 Å². The molecule has 4 aromatic rings. The molecule has 0 radical (unpaired) electrons. The average Bonchev–Trinajstić information content (AvgIpc) is 3.20. The van der Waals surface area contributed by atoms with Gasteiger partial charge in [-0.2, -0.15) is 0 Å². The fourth-order valence-electron chi connectivity index (χ4n) is 3.99. The molecular formula is C25H24N4O2S.